The number of nitrogen functional groups attached to an aromatic ring is 1. The number of halogens is 1. The predicted octanol–water partition coefficient (Wildman–Crippen LogP) is 6.11. The van der Waals surface area contributed by atoms with E-state index in [1.54, 1.807) is 37.3 Å². The highest BCUT2D eigenvalue weighted by molar-refractivity contribution is 8.14. The van der Waals surface area contributed by atoms with Gasteiger partial charge in [0.05, 0.1) is 83.1 Å². The Morgan fingerprint density at radius 1 is 0.940 bits per heavy atom. The number of aliphatic imine (C=N–C) groups is 1. The number of benzene rings is 2. The van der Waals surface area contributed by atoms with E-state index in [0.29, 0.717) is 97.8 Å². The number of fused-ring (bicyclic) bond motifs is 5. The molecule has 4 aliphatic heterocycles. The van der Waals surface area contributed by atoms with Crippen LogP contribution >= 0.6 is 11.8 Å². The Morgan fingerprint density at radius 3 is 2.34 bits per heavy atom. The molecule has 8 rings (SSSR count). The number of likely N-dealkylation sites (tertiary alicyclic amines) is 2. The third-order valence-corrected chi connectivity index (χ3v) is 16.9. The number of rotatable bonds is 27. The van der Waals surface area contributed by atoms with Crippen LogP contribution in [0, 0.1) is 31.1 Å². The van der Waals surface area contributed by atoms with Crippen molar-refractivity contribution in [1.82, 2.24) is 40.1 Å². The molecule has 0 radical (unpaired) electrons. The van der Waals surface area contributed by atoms with Gasteiger partial charge in [-0.2, -0.15) is 4.68 Å². The smallest absolute Gasteiger partial charge is 0.260 e. The second-order valence-corrected chi connectivity index (χ2v) is 22.5. The average Bonchev–Trinajstić information content (AvgIpc) is 4.49. The van der Waals surface area contributed by atoms with E-state index in [2.05, 4.69) is 25.4 Å². The molecule has 0 saturated carbocycles. The Bertz CT molecular complexity index is 2980. The zero-order valence-corrected chi connectivity index (χ0v) is 49.1. The third kappa shape index (κ3) is 16.4. The number of ether oxygens (including phenoxy) is 5. The van der Waals surface area contributed by atoms with Crippen molar-refractivity contribution in [2.24, 2.45) is 16.8 Å². The first kappa shape index (κ1) is 62.4. The van der Waals surface area contributed by atoms with E-state index < -0.39 is 23.9 Å². The van der Waals surface area contributed by atoms with Crippen LogP contribution in [0.15, 0.2) is 59.7 Å². The van der Waals surface area contributed by atoms with Crippen LogP contribution < -0.4 is 21.1 Å². The Morgan fingerprint density at radius 2 is 1.64 bits per heavy atom. The van der Waals surface area contributed by atoms with Crippen LogP contribution in [-0.2, 0) is 46.4 Å². The predicted molar refractivity (Wildman–Crippen MR) is 313 cm³/mol. The standard InChI is InChI=1S/C60H78FN11O10S/c1-38-9-14-45-46(32-38)40(3)82-52-33-43(35-66-56(52)62)54-48(36-69(6)59(45)76)68-72(57(54)64-5)22-18-65-53(74)17-24-78-26-28-80-30-31-81-29-27-79-25-23-70-20-15-41(16-21-70)47(34-51(73)39(2)63-4)60(77)71-19-7-8-50(71)58-67-49(37-83-58)55(75)42-10-12-44(61)13-11-42/h9-14,32-33,35,39-41,47,49-50,63H,7-8,15-31,34,36-37H2,1-4,6H3,(H2,62,66)(H,65,74)/t39-,40+,47?,49?,50-/m0/s1. The average molecular weight is 1160 g/mol. The number of amides is 3. The summed E-state index contributed by atoms with van der Waals surface area (Å²) in [5.41, 5.74) is 10.4. The number of likely N-dealkylation sites (N-methyl/N-ethyl adjacent to an activating group) is 1. The van der Waals surface area contributed by atoms with Crippen molar-refractivity contribution in [3.8, 4) is 16.9 Å². The number of anilines is 1. The van der Waals surface area contributed by atoms with Gasteiger partial charge in [0.15, 0.2) is 17.4 Å². The fraction of sp³-hybridized carbons (Fsp3) is 0.550. The lowest BCUT2D eigenvalue weighted by Crippen LogP contribution is -2.48. The Kier molecular flexibility index (Phi) is 22.7. The molecular weight excluding hydrogens is 1090 g/mol. The molecule has 23 heteroatoms. The SMILES string of the molecule is [C-]#[N+]c1c2c(nn1CCNC(=O)CCOCCOCCOCCOCCN1CCC(C(CC(=O)[C@H](C)NC)C(=O)N3CCC[C@H]3C3=NC(C(=O)c4ccc(F)cc4)CS3)CC1)CN(C)C(=O)c1ccc(C)cc1[C@@H](C)Oc1cc-2cnc1N. The summed E-state index contributed by atoms with van der Waals surface area (Å²) < 4.78 is 44.2. The van der Waals surface area contributed by atoms with Crippen molar-refractivity contribution < 1.29 is 52.0 Å². The van der Waals surface area contributed by atoms with E-state index in [4.69, 9.17) is 46.1 Å². The molecule has 21 nitrogen and oxygen atoms in total. The largest absolute Gasteiger partial charge is 0.482 e. The van der Waals surface area contributed by atoms with Crippen LogP contribution in [0.1, 0.15) is 96.0 Å². The first-order chi connectivity index (χ1) is 40.1. The minimum Gasteiger partial charge on any atom is -0.482 e. The first-order valence-electron chi connectivity index (χ1n) is 28.7. The summed E-state index contributed by atoms with van der Waals surface area (Å²) >= 11 is 1.51. The number of nitrogens with two attached hydrogens (primary N) is 1. The van der Waals surface area contributed by atoms with Crippen LogP contribution in [0.2, 0.25) is 0 Å². The molecule has 4 N–H and O–H groups in total. The lowest BCUT2D eigenvalue weighted by molar-refractivity contribution is -0.141. The molecule has 0 aliphatic carbocycles. The van der Waals surface area contributed by atoms with Crippen LogP contribution in [0.4, 0.5) is 16.0 Å². The highest BCUT2D eigenvalue weighted by Crippen LogP contribution is 2.40. The molecule has 2 aromatic heterocycles. The molecule has 4 aliphatic rings. The fourth-order valence-corrected chi connectivity index (χ4v) is 12.1. The number of hydrogen-bond acceptors (Lipinski definition) is 17. The maximum Gasteiger partial charge on any atom is 0.260 e. The summed E-state index contributed by atoms with van der Waals surface area (Å²) in [5.74, 6) is -0.199. The molecule has 3 amide bonds. The fourth-order valence-electron chi connectivity index (χ4n) is 10.9. The van der Waals surface area contributed by atoms with Crippen molar-refractivity contribution in [3.63, 3.8) is 0 Å². The summed E-state index contributed by atoms with van der Waals surface area (Å²) in [4.78, 5) is 86.5. The van der Waals surface area contributed by atoms with Gasteiger partial charge < -0.3 is 59.6 Å². The van der Waals surface area contributed by atoms with Crippen molar-refractivity contribution in [3.05, 3.63) is 99.9 Å². The van der Waals surface area contributed by atoms with Crippen LogP contribution in [0.5, 0.6) is 5.75 Å². The van der Waals surface area contributed by atoms with Gasteiger partial charge in [-0.3, -0.25) is 29.0 Å². The highest BCUT2D eigenvalue weighted by atomic mass is 32.2. The number of piperidine rings is 1. The molecule has 2 aromatic carbocycles. The topological polar surface area (TPSA) is 239 Å². The van der Waals surface area contributed by atoms with Gasteiger partial charge >= 0.3 is 0 Å². The zero-order chi connectivity index (χ0) is 59.0. The minimum absolute atomic E-state index is 0.00801. The molecule has 2 unspecified atom stereocenters. The molecule has 5 atom stereocenters. The van der Waals surface area contributed by atoms with Crippen molar-refractivity contribution in [2.75, 3.05) is 111 Å². The molecule has 0 spiro atoms. The lowest BCUT2D eigenvalue weighted by atomic mass is 9.79. The van der Waals surface area contributed by atoms with Crippen LogP contribution in [0.25, 0.3) is 16.0 Å². The van der Waals surface area contributed by atoms with Gasteiger partial charge in [-0.25, -0.2) is 9.37 Å². The number of aromatic nitrogens is 3. The van der Waals surface area contributed by atoms with Crippen molar-refractivity contribution in [1.29, 1.82) is 0 Å². The molecule has 2 fully saturated rings. The number of carbonyl (C=O) groups is 5. The second-order valence-electron chi connectivity index (χ2n) is 21.5. The second kappa shape index (κ2) is 30.2. The van der Waals surface area contributed by atoms with Gasteiger partial charge in [-0.05, 0) is 114 Å². The van der Waals surface area contributed by atoms with E-state index >= 15 is 0 Å². The summed E-state index contributed by atoms with van der Waals surface area (Å²) in [5, 5.41) is 11.5. The van der Waals surface area contributed by atoms with Gasteiger partial charge in [0.25, 0.3) is 11.7 Å². The number of Topliss-reactive ketones (excluding diaryl/α,β-unsaturated/α-hetero) is 2. The summed E-state index contributed by atoms with van der Waals surface area (Å²) in [6.07, 6.45) is 4.49. The number of carbonyl (C=O) groups excluding carboxylic acids is 5. The molecular formula is C60H78FN11O10S. The van der Waals surface area contributed by atoms with E-state index in [9.17, 15) is 28.4 Å². The number of ketones is 2. The number of nitrogens with zero attached hydrogens (tertiary/aromatic N) is 8. The molecule has 2 saturated heterocycles. The molecule has 6 heterocycles. The summed E-state index contributed by atoms with van der Waals surface area (Å²) in [7, 11) is 3.44. The number of pyridine rings is 1. The highest BCUT2D eigenvalue weighted by Gasteiger charge is 2.43. The van der Waals surface area contributed by atoms with Crippen LogP contribution in [-0.4, -0.2) is 187 Å². The lowest BCUT2D eigenvalue weighted by Gasteiger charge is -2.38. The summed E-state index contributed by atoms with van der Waals surface area (Å²) in [6, 6.07) is 11.7. The number of nitrogens with one attached hydrogen (secondary N) is 2. The Hall–Kier alpha value is -6.65. The van der Waals surface area contributed by atoms with Gasteiger partial charge in [0.2, 0.25) is 11.8 Å². The van der Waals surface area contributed by atoms with Crippen molar-refractivity contribution >= 4 is 57.7 Å². The van der Waals surface area contributed by atoms with Gasteiger partial charge in [-0.15, -0.1) is 16.9 Å². The maximum absolute atomic E-state index is 14.5. The molecule has 4 aromatic rings. The van der Waals surface area contributed by atoms with Gasteiger partial charge in [0.1, 0.15) is 36.0 Å². The quantitative estimate of drug-likeness (QED) is 0.0347. The molecule has 2 bridgehead atoms. The van der Waals surface area contributed by atoms with E-state index in [0.717, 1.165) is 55.9 Å². The van der Waals surface area contributed by atoms with Gasteiger partial charge in [-0.1, -0.05) is 24.3 Å². The monoisotopic (exact) mass is 1160 g/mol. The number of hydrogen-bond donors (Lipinski definition) is 3. The summed E-state index contributed by atoms with van der Waals surface area (Å²) in [6.45, 7) is 20.2. The Balaban J connectivity index is 0.682. The number of aryl methyl sites for hydroxylation is 1. The third-order valence-electron chi connectivity index (χ3n) is 15.8. The molecule has 83 heavy (non-hydrogen) atoms. The van der Waals surface area contributed by atoms with E-state index in [1.165, 1.54) is 40.7 Å². The molecule has 446 valence electrons. The maximum atomic E-state index is 14.5. The minimum atomic E-state index is -0.582. The van der Waals surface area contributed by atoms with Crippen molar-refractivity contribution in [2.45, 2.75) is 96.6 Å². The van der Waals surface area contributed by atoms with Crippen LogP contribution in [0.3, 0.4) is 0 Å². The number of thioether (sulfide) groups is 1. The normalized spacial score (nSPS) is 19.2. The van der Waals surface area contributed by atoms with E-state index in [1.807, 2.05) is 37.8 Å². The Labute approximate surface area is 489 Å². The zero-order valence-electron chi connectivity index (χ0n) is 48.2. The van der Waals surface area contributed by atoms with Gasteiger partial charge in [0, 0.05) is 73.1 Å². The first-order valence-corrected chi connectivity index (χ1v) is 29.7. The van der Waals surface area contributed by atoms with E-state index in [-0.39, 0.29) is 98.0 Å².